The fourth-order valence-electron chi connectivity index (χ4n) is 1.94. The number of nitrogens with one attached hydrogen (secondary N) is 1. The summed E-state index contributed by atoms with van der Waals surface area (Å²) < 4.78 is 5.04. The fraction of sp³-hybridized carbons (Fsp3) is 0.0556. The van der Waals surface area contributed by atoms with E-state index in [1.165, 1.54) is 24.3 Å². The van der Waals surface area contributed by atoms with Crippen molar-refractivity contribution in [2.75, 3.05) is 12.4 Å². The number of carbonyl (C=O) groups is 2. The van der Waals surface area contributed by atoms with Gasteiger partial charge in [0.15, 0.2) is 0 Å². The summed E-state index contributed by atoms with van der Waals surface area (Å²) in [5, 5.41) is 20.6. The maximum atomic E-state index is 12.2. The van der Waals surface area contributed by atoms with Crippen LogP contribution in [0.15, 0.2) is 54.1 Å². The highest BCUT2D eigenvalue weighted by Crippen LogP contribution is 2.16. The molecule has 0 aliphatic carbocycles. The van der Waals surface area contributed by atoms with Crippen molar-refractivity contribution in [3.05, 3.63) is 65.2 Å². The zero-order valence-electron chi connectivity index (χ0n) is 12.8. The van der Waals surface area contributed by atoms with Crippen LogP contribution in [0.1, 0.15) is 15.9 Å². The topological polar surface area (TPSA) is 99.4 Å². The molecule has 2 rings (SSSR count). The molecule has 0 fully saturated rings. The summed E-state index contributed by atoms with van der Waals surface area (Å²) in [6.07, 6.45) is 1.44. The summed E-state index contributed by atoms with van der Waals surface area (Å²) in [4.78, 5) is 23.1. The number of nitrogens with zero attached hydrogens (tertiary/aromatic N) is 1. The molecule has 2 aromatic carbocycles. The lowest BCUT2D eigenvalue weighted by Gasteiger charge is -2.05. The van der Waals surface area contributed by atoms with Crippen LogP contribution in [0.4, 0.5) is 5.69 Å². The third-order valence-corrected chi connectivity index (χ3v) is 3.16. The van der Waals surface area contributed by atoms with Gasteiger partial charge in [-0.05, 0) is 42.0 Å². The van der Waals surface area contributed by atoms with Gasteiger partial charge in [-0.2, -0.15) is 5.26 Å². The Morgan fingerprint density at radius 3 is 2.50 bits per heavy atom. The van der Waals surface area contributed by atoms with Gasteiger partial charge in [-0.25, -0.2) is 4.79 Å². The Bertz CT molecular complexity index is 833. The largest absolute Gasteiger partial charge is 0.497 e. The van der Waals surface area contributed by atoms with E-state index in [9.17, 15) is 14.9 Å². The van der Waals surface area contributed by atoms with Crippen molar-refractivity contribution in [2.45, 2.75) is 0 Å². The minimum atomic E-state index is -1.10. The smallest absolute Gasteiger partial charge is 0.335 e. The molecular formula is C18H14N2O4. The second kappa shape index (κ2) is 7.61. The number of carboxylic acids is 1. The Morgan fingerprint density at radius 2 is 1.92 bits per heavy atom. The number of hydrogen-bond acceptors (Lipinski definition) is 4. The van der Waals surface area contributed by atoms with E-state index in [1.807, 2.05) is 6.07 Å². The first-order chi connectivity index (χ1) is 11.5. The Morgan fingerprint density at radius 1 is 1.21 bits per heavy atom. The zero-order chi connectivity index (χ0) is 17.5. The van der Waals surface area contributed by atoms with Crippen LogP contribution in [0.25, 0.3) is 6.08 Å². The molecule has 0 heterocycles. The Labute approximate surface area is 138 Å². The Hall–Kier alpha value is -3.59. The predicted octanol–water partition coefficient (Wildman–Crippen LogP) is 2.94. The monoisotopic (exact) mass is 322 g/mol. The van der Waals surface area contributed by atoms with Crippen molar-refractivity contribution in [3.8, 4) is 11.8 Å². The zero-order valence-corrected chi connectivity index (χ0v) is 12.8. The van der Waals surface area contributed by atoms with Gasteiger partial charge < -0.3 is 15.2 Å². The van der Waals surface area contributed by atoms with Crippen LogP contribution in [0.2, 0.25) is 0 Å². The van der Waals surface area contributed by atoms with Gasteiger partial charge in [0.25, 0.3) is 5.91 Å². The van der Waals surface area contributed by atoms with Crippen molar-refractivity contribution in [1.82, 2.24) is 0 Å². The van der Waals surface area contributed by atoms with E-state index in [0.29, 0.717) is 17.0 Å². The molecule has 6 heteroatoms. The molecule has 0 unspecified atom stereocenters. The minimum absolute atomic E-state index is 0.0467. The van der Waals surface area contributed by atoms with Crippen LogP contribution >= 0.6 is 0 Å². The van der Waals surface area contributed by atoms with Gasteiger partial charge in [-0.1, -0.05) is 18.2 Å². The van der Waals surface area contributed by atoms with E-state index >= 15 is 0 Å². The number of rotatable bonds is 5. The summed E-state index contributed by atoms with van der Waals surface area (Å²) >= 11 is 0. The number of anilines is 1. The van der Waals surface area contributed by atoms with Gasteiger partial charge in [0.1, 0.15) is 17.4 Å². The van der Waals surface area contributed by atoms with Gasteiger partial charge in [-0.3, -0.25) is 4.79 Å². The second-order valence-corrected chi connectivity index (χ2v) is 4.78. The number of carboxylic acid groups (broad SMARTS) is 1. The Balaban J connectivity index is 2.19. The molecule has 24 heavy (non-hydrogen) atoms. The van der Waals surface area contributed by atoms with Gasteiger partial charge in [-0.15, -0.1) is 0 Å². The van der Waals surface area contributed by atoms with Gasteiger partial charge in [0.05, 0.1) is 12.7 Å². The molecule has 0 aliphatic rings. The van der Waals surface area contributed by atoms with Crippen LogP contribution in [-0.2, 0) is 4.79 Å². The minimum Gasteiger partial charge on any atom is -0.497 e. The molecule has 0 aromatic heterocycles. The molecule has 120 valence electrons. The maximum Gasteiger partial charge on any atom is 0.335 e. The number of ether oxygens (including phenoxy) is 1. The number of amides is 1. The third-order valence-electron chi connectivity index (χ3n) is 3.16. The third kappa shape index (κ3) is 4.21. The number of methoxy groups -OCH3 is 1. The van der Waals surface area contributed by atoms with E-state index < -0.39 is 11.9 Å². The van der Waals surface area contributed by atoms with Crippen LogP contribution in [-0.4, -0.2) is 24.1 Å². The molecule has 0 bridgehead atoms. The standard InChI is InChI=1S/C18H14N2O4/c1-24-16-7-5-12(6-8-16)9-14(11-19)17(21)20-15-4-2-3-13(10-15)18(22)23/h2-10H,1H3,(H,20,21)(H,22,23)/b14-9-. The van der Waals surface area contributed by atoms with Gasteiger partial charge >= 0.3 is 5.97 Å². The maximum absolute atomic E-state index is 12.2. The van der Waals surface area contributed by atoms with Crippen molar-refractivity contribution in [3.63, 3.8) is 0 Å². The number of hydrogen-bond donors (Lipinski definition) is 2. The molecule has 0 aliphatic heterocycles. The van der Waals surface area contributed by atoms with Crippen LogP contribution in [0.3, 0.4) is 0 Å². The number of carbonyl (C=O) groups excluding carboxylic acids is 1. The van der Waals surface area contributed by atoms with Crippen LogP contribution in [0, 0.1) is 11.3 Å². The molecule has 0 saturated heterocycles. The normalized spacial score (nSPS) is 10.6. The van der Waals surface area contributed by atoms with Crippen molar-refractivity contribution >= 4 is 23.6 Å². The lowest BCUT2D eigenvalue weighted by Crippen LogP contribution is -2.13. The lowest BCUT2D eigenvalue weighted by atomic mass is 10.1. The first-order valence-electron chi connectivity index (χ1n) is 6.94. The summed E-state index contributed by atoms with van der Waals surface area (Å²) in [7, 11) is 1.55. The van der Waals surface area contributed by atoms with Crippen molar-refractivity contribution in [1.29, 1.82) is 5.26 Å². The molecule has 0 atom stereocenters. The molecular weight excluding hydrogens is 308 g/mol. The van der Waals surface area contributed by atoms with Crippen molar-refractivity contribution in [2.24, 2.45) is 0 Å². The Kier molecular flexibility index (Phi) is 5.32. The number of nitriles is 1. The van der Waals surface area contributed by atoms with E-state index in [2.05, 4.69) is 5.32 Å². The second-order valence-electron chi connectivity index (χ2n) is 4.78. The summed E-state index contributed by atoms with van der Waals surface area (Å²) in [6, 6.07) is 14.5. The van der Waals surface area contributed by atoms with Crippen LogP contribution < -0.4 is 10.1 Å². The van der Waals surface area contributed by atoms with E-state index in [0.717, 1.165) is 0 Å². The predicted molar refractivity (Wildman–Crippen MR) is 88.6 cm³/mol. The molecule has 0 radical (unpaired) electrons. The van der Waals surface area contributed by atoms with E-state index in [1.54, 1.807) is 37.4 Å². The summed E-state index contributed by atoms with van der Waals surface area (Å²) in [6.45, 7) is 0. The molecule has 0 saturated carbocycles. The number of benzene rings is 2. The van der Waals surface area contributed by atoms with Crippen molar-refractivity contribution < 1.29 is 19.4 Å². The highest BCUT2D eigenvalue weighted by atomic mass is 16.5. The van der Waals surface area contributed by atoms with E-state index in [-0.39, 0.29) is 11.1 Å². The average Bonchev–Trinajstić information content (AvgIpc) is 2.60. The first kappa shape index (κ1) is 16.8. The lowest BCUT2D eigenvalue weighted by molar-refractivity contribution is -0.112. The molecule has 6 nitrogen and oxygen atoms in total. The van der Waals surface area contributed by atoms with Crippen LogP contribution in [0.5, 0.6) is 5.75 Å². The number of aromatic carboxylic acids is 1. The first-order valence-corrected chi connectivity index (χ1v) is 6.94. The summed E-state index contributed by atoms with van der Waals surface area (Å²) in [5.74, 6) is -1.04. The molecule has 2 N–H and O–H groups in total. The summed E-state index contributed by atoms with van der Waals surface area (Å²) in [5.41, 5.74) is 0.920. The fourth-order valence-corrected chi connectivity index (χ4v) is 1.94. The highest BCUT2D eigenvalue weighted by Gasteiger charge is 2.11. The molecule has 0 spiro atoms. The average molecular weight is 322 g/mol. The quantitative estimate of drug-likeness (QED) is 0.651. The van der Waals surface area contributed by atoms with Gasteiger partial charge in [0, 0.05) is 5.69 Å². The molecule has 1 amide bonds. The van der Waals surface area contributed by atoms with Gasteiger partial charge in [0.2, 0.25) is 0 Å². The SMILES string of the molecule is COc1ccc(/C=C(/C#N)C(=O)Nc2cccc(C(=O)O)c2)cc1. The molecule has 2 aromatic rings. The highest BCUT2D eigenvalue weighted by molar-refractivity contribution is 6.10. The van der Waals surface area contributed by atoms with E-state index in [4.69, 9.17) is 9.84 Å².